The molecule has 3 fully saturated rings. The predicted octanol–water partition coefficient (Wildman–Crippen LogP) is 3.30. The lowest BCUT2D eigenvalue weighted by atomic mass is 9.91. The van der Waals surface area contributed by atoms with Crippen molar-refractivity contribution in [2.24, 2.45) is 17.8 Å². The molecule has 1 amide bonds. The zero-order valence-electron chi connectivity index (χ0n) is 15.4. The van der Waals surface area contributed by atoms with Crippen LogP contribution in [-0.4, -0.2) is 54.7 Å². The first-order valence-corrected chi connectivity index (χ1v) is 10.4. The molecule has 2 saturated heterocycles. The Kier molecular flexibility index (Phi) is 4.62. The molecular formula is C21H26ClN3O2. The fourth-order valence-electron chi connectivity index (χ4n) is 5.25. The number of halogens is 1. The number of H-pyrrole nitrogens is 1. The molecule has 6 heteroatoms. The average Bonchev–Trinajstić information content (AvgIpc) is 3.34. The molecular weight excluding hydrogens is 362 g/mol. The van der Waals surface area contributed by atoms with Gasteiger partial charge in [0, 0.05) is 48.2 Å². The molecule has 5 nitrogen and oxygen atoms in total. The summed E-state index contributed by atoms with van der Waals surface area (Å²) < 4.78 is 5.53. The summed E-state index contributed by atoms with van der Waals surface area (Å²) in [5.74, 6) is 1.82. The van der Waals surface area contributed by atoms with Crippen molar-refractivity contribution >= 4 is 28.4 Å². The number of amides is 1. The maximum atomic E-state index is 12.8. The van der Waals surface area contributed by atoms with Gasteiger partial charge in [-0.15, -0.1) is 0 Å². The van der Waals surface area contributed by atoms with E-state index in [1.165, 1.54) is 19.3 Å². The average molecular weight is 388 g/mol. The van der Waals surface area contributed by atoms with Crippen LogP contribution in [0.15, 0.2) is 24.3 Å². The Labute approximate surface area is 164 Å². The molecule has 3 aliphatic rings. The minimum Gasteiger partial charge on any atom is -0.381 e. The van der Waals surface area contributed by atoms with Gasteiger partial charge in [-0.25, -0.2) is 0 Å². The third-order valence-electron chi connectivity index (χ3n) is 6.57. The maximum Gasteiger partial charge on any atom is 0.267 e. The number of carbonyl (C=O) groups is 1. The summed E-state index contributed by atoms with van der Waals surface area (Å²) in [5, 5.41) is 5.00. The summed E-state index contributed by atoms with van der Waals surface area (Å²) in [4.78, 5) is 18.7. The lowest BCUT2D eigenvalue weighted by Gasteiger charge is -2.39. The molecule has 4 atom stereocenters. The number of fused-ring (bicyclic) bond motifs is 3. The maximum absolute atomic E-state index is 12.8. The second-order valence-corrected chi connectivity index (χ2v) is 8.90. The first kappa shape index (κ1) is 17.5. The molecule has 1 aromatic carbocycles. The van der Waals surface area contributed by atoms with E-state index in [2.05, 4.69) is 15.2 Å². The Morgan fingerprint density at radius 2 is 2.04 bits per heavy atom. The Morgan fingerprint density at radius 3 is 2.78 bits per heavy atom. The topological polar surface area (TPSA) is 57.4 Å². The highest BCUT2D eigenvalue weighted by molar-refractivity contribution is 6.31. The smallest absolute Gasteiger partial charge is 0.267 e. The van der Waals surface area contributed by atoms with Crippen molar-refractivity contribution in [2.45, 2.75) is 25.3 Å². The number of ether oxygens (including phenoxy) is 1. The molecule has 2 unspecified atom stereocenters. The van der Waals surface area contributed by atoms with Crippen LogP contribution in [0.1, 0.15) is 29.8 Å². The van der Waals surface area contributed by atoms with Gasteiger partial charge in [0.05, 0.1) is 6.61 Å². The van der Waals surface area contributed by atoms with E-state index < -0.39 is 0 Å². The number of aromatic amines is 1. The van der Waals surface area contributed by atoms with E-state index in [0.29, 0.717) is 34.5 Å². The van der Waals surface area contributed by atoms with Gasteiger partial charge in [-0.3, -0.25) is 4.79 Å². The van der Waals surface area contributed by atoms with Gasteiger partial charge in [-0.05, 0) is 61.3 Å². The fourth-order valence-corrected chi connectivity index (χ4v) is 5.43. The second kappa shape index (κ2) is 7.12. The number of likely N-dealkylation sites (tertiary alicyclic amines) is 1. The van der Waals surface area contributed by atoms with Crippen molar-refractivity contribution < 1.29 is 9.53 Å². The summed E-state index contributed by atoms with van der Waals surface area (Å²) in [6, 6.07) is 7.84. The zero-order chi connectivity index (χ0) is 18.4. The van der Waals surface area contributed by atoms with Gasteiger partial charge in [-0.2, -0.15) is 0 Å². The summed E-state index contributed by atoms with van der Waals surface area (Å²) in [7, 11) is 0. The standard InChI is InChI=1S/C21H26ClN3O2/c22-17-3-4-18-16(7-17)8-19(23-18)21(26)24-20-14-1-2-15(20)11-25(10-14)9-13-5-6-27-12-13/h3-4,7-8,13-15,20,23H,1-2,5-6,9-12H2,(H,24,26)/t13?,14-,15+,20?. The zero-order valence-corrected chi connectivity index (χ0v) is 16.2. The van der Waals surface area contributed by atoms with Crippen molar-refractivity contribution in [2.75, 3.05) is 32.8 Å². The van der Waals surface area contributed by atoms with E-state index in [9.17, 15) is 4.79 Å². The Morgan fingerprint density at radius 1 is 1.22 bits per heavy atom. The van der Waals surface area contributed by atoms with E-state index in [1.54, 1.807) is 0 Å². The van der Waals surface area contributed by atoms with Gasteiger partial charge in [0.25, 0.3) is 5.91 Å². The molecule has 144 valence electrons. The highest BCUT2D eigenvalue weighted by atomic mass is 35.5. The van der Waals surface area contributed by atoms with E-state index >= 15 is 0 Å². The number of carbonyl (C=O) groups excluding carboxylic acids is 1. The highest BCUT2D eigenvalue weighted by Gasteiger charge is 2.43. The summed E-state index contributed by atoms with van der Waals surface area (Å²) in [5.41, 5.74) is 1.57. The monoisotopic (exact) mass is 387 g/mol. The van der Waals surface area contributed by atoms with Gasteiger partial charge < -0.3 is 19.9 Å². The number of aromatic nitrogens is 1. The summed E-state index contributed by atoms with van der Waals surface area (Å²) in [6.07, 6.45) is 3.63. The number of rotatable bonds is 4. The first-order valence-electron chi connectivity index (χ1n) is 10.0. The molecule has 1 aromatic heterocycles. The van der Waals surface area contributed by atoms with Gasteiger partial charge in [0.2, 0.25) is 0 Å². The van der Waals surface area contributed by atoms with Crippen LogP contribution < -0.4 is 5.32 Å². The van der Waals surface area contributed by atoms with Crippen LogP contribution in [0.25, 0.3) is 10.9 Å². The van der Waals surface area contributed by atoms with Crippen molar-refractivity contribution in [3.05, 3.63) is 35.0 Å². The van der Waals surface area contributed by atoms with E-state index in [1.807, 2.05) is 24.3 Å². The minimum absolute atomic E-state index is 0.00173. The molecule has 1 saturated carbocycles. The van der Waals surface area contributed by atoms with Crippen molar-refractivity contribution in [1.29, 1.82) is 0 Å². The SMILES string of the molecule is O=C(NC1[C@@H]2CC[C@H]1CN(CC1CCOC1)C2)c1cc2cc(Cl)ccc2[nH]1. The van der Waals surface area contributed by atoms with Crippen LogP contribution in [0.5, 0.6) is 0 Å². The van der Waals surface area contributed by atoms with Gasteiger partial charge in [-0.1, -0.05) is 11.6 Å². The lowest BCUT2D eigenvalue weighted by molar-refractivity contribution is 0.0794. The molecule has 1 aliphatic carbocycles. The first-order chi connectivity index (χ1) is 13.2. The Hall–Kier alpha value is -1.56. The number of nitrogens with zero attached hydrogens (tertiary/aromatic N) is 1. The van der Waals surface area contributed by atoms with Crippen molar-refractivity contribution in [1.82, 2.24) is 15.2 Å². The largest absolute Gasteiger partial charge is 0.381 e. The van der Waals surface area contributed by atoms with Gasteiger partial charge >= 0.3 is 0 Å². The van der Waals surface area contributed by atoms with E-state index in [0.717, 1.165) is 43.8 Å². The number of benzene rings is 1. The molecule has 2 bridgehead atoms. The third-order valence-corrected chi connectivity index (χ3v) is 6.81. The molecule has 0 radical (unpaired) electrons. The van der Waals surface area contributed by atoms with Crippen LogP contribution >= 0.6 is 11.6 Å². The Bertz CT molecular complexity index is 831. The summed E-state index contributed by atoms with van der Waals surface area (Å²) >= 11 is 6.06. The lowest BCUT2D eigenvalue weighted by Crippen LogP contribution is -2.53. The molecule has 2 aliphatic heterocycles. The van der Waals surface area contributed by atoms with Crippen molar-refractivity contribution in [3.63, 3.8) is 0 Å². The quantitative estimate of drug-likeness (QED) is 0.846. The molecule has 5 rings (SSSR count). The molecule has 2 aromatic rings. The third kappa shape index (κ3) is 3.48. The molecule has 2 N–H and O–H groups in total. The molecule has 27 heavy (non-hydrogen) atoms. The van der Waals surface area contributed by atoms with Crippen LogP contribution in [0.3, 0.4) is 0 Å². The minimum atomic E-state index is 0.00173. The van der Waals surface area contributed by atoms with Gasteiger partial charge in [0.15, 0.2) is 0 Å². The molecule has 3 heterocycles. The van der Waals surface area contributed by atoms with Crippen LogP contribution in [0, 0.1) is 17.8 Å². The van der Waals surface area contributed by atoms with Gasteiger partial charge in [0.1, 0.15) is 5.69 Å². The van der Waals surface area contributed by atoms with Crippen molar-refractivity contribution in [3.8, 4) is 0 Å². The number of hydrogen-bond donors (Lipinski definition) is 2. The summed E-state index contributed by atoms with van der Waals surface area (Å²) in [6.45, 7) is 5.17. The van der Waals surface area contributed by atoms with E-state index in [4.69, 9.17) is 16.3 Å². The number of piperidine rings is 1. The van der Waals surface area contributed by atoms with Crippen LogP contribution in [0.4, 0.5) is 0 Å². The fraction of sp³-hybridized carbons (Fsp3) is 0.571. The second-order valence-electron chi connectivity index (χ2n) is 8.46. The Balaban J connectivity index is 1.24. The number of hydrogen-bond acceptors (Lipinski definition) is 3. The normalized spacial score (nSPS) is 30.9. The predicted molar refractivity (Wildman–Crippen MR) is 106 cm³/mol. The van der Waals surface area contributed by atoms with E-state index in [-0.39, 0.29) is 5.91 Å². The van der Waals surface area contributed by atoms with Crippen LogP contribution in [0.2, 0.25) is 5.02 Å². The molecule has 0 spiro atoms. The highest BCUT2D eigenvalue weighted by Crippen LogP contribution is 2.37. The van der Waals surface area contributed by atoms with Crippen LogP contribution in [-0.2, 0) is 4.74 Å². The number of nitrogens with one attached hydrogen (secondary N) is 2.